The molecule has 1 aliphatic carbocycles. The highest BCUT2D eigenvalue weighted by molar-refractivity contribution is 7.48. The number of H-pyrrole nitrogens is 1. The van der Waals surface area contributed by atoms with Crippen LogP contribution in [0.4, 0.5) is 21.7 Å². The van der Waals surface area contributed by atoms with E-state index in [-0.39, 0.29) is 18.9 Å². The monoisotopic (exact) mass is 739 g/mol. The lowest BCUT2D eigenvalue weighted by Gasteiger charge is -2.32. The van der Waals surface area contributed by atoms with E-state index in [1.54, 1.807) is 12.1 Å². The Bertz CT molecular complexity index is 1820. The summed E-state index contributed by atoms with van der Waals surface area (Å²) in [6.07, 6.45) is 6.94. The van der Waals surface area contributed by atoms with E-state index in [0.717, 1.165) is 31.2 Å². The molecule has 0 bridgehead atoms. The fraction of sp³-hybridized carbons (Fsp3) is 0.514. The van der Waals surface area contributed by atoms with Crippen LogP contribution in [0.2, 0.25) is 0 Å². The van der Waals surface area contributed by atoms with Gasteiger partial charge in [0.15, 0.2) is 5.82 Å². The van der Waals surface area contributed by atoms with E-state index in [4.69, 9.17) is 18.3 Å². The third kappa shape index (κ3) is 12.3. The van der Waals surface area contributed by atoms with Gasteiger partial charge in [-0.2, -0.15) is 5.10 Å². The fourth-order valence-corrected chi connectivity index (χ4v) is 7.81. The maximum Gasteiger partial charge on any atom is 0.475 e. The number of rotatable bonds is 17. The van der Waals surface area contributed by atoms with Gasteiger partial charge in [0.25, 0.3) is 0 Å². The van der Waals surface area contributed by atoms with E-state index in [2.05, 4.69) is 35.7 Å². The molecule has 1 saturated carbocycles. The third-order valence-electron chi connectivity index (χ3n) is 8.04. The van der Waals surface area contributed by atoms with Gasteiger partial charge in [-0.05, 0) is 91.1 Å². The van der Waals surface area contributed by atoms with Crippen LogP contribution in [-0.2, 0) is 29.4 Å². The molecule has 2 aromatic heterocycles. The lowest BCUT2D eigenvalue weighted by atomic mass is 10.2. The number of ether oxygens (including phenoxy) is 1. The number of hydrogen-bond acceptors (Lipinski definition) is 11. The summed E-state index contributed by atoms with van der Waals surface area (Å²) < 4.78 is 50.6. The van der Waals surface area contributed by atoms with Crippen LogP contribution < -0.4 is 15.4 Å². The van der Waals surface area contributed by atoms with Gasteiger partial charge in [-0.15, -0.1) is 0 Å². The number of aromatic nitrogens is 4. The Balaban J connectivity index is 1.12. The van der Waals surface area contributed by atoms with Crippen molar-refractivity contribution in [1.29, 1.82) is 0 Å². The Morgan fingerprint density at radius 2 is 1.73 bits per heavy atom. The number of phosphoric acid groups is 1. The molecule has 52 heavy (non-hydrogen) atoms. The summed E-state index contributed by atoms with van der Waals surface area (Å²) in [4.78, 5) is 23.7. The highest BCUT2D eigenvalue weighted by atomic mass is 31.2. The molecule has 15 heteroatoms. The quantitative estimate of drug-likeness (QED) is 0.0710. The van der Waals surface area contributed by atoms with E-state index >= 15 is 0 Å². The molecule has 0 aliphatic heterocycles. The summed E-state index contributed by atoms with van der Waals surface area (Å²) in [5.41, 5.74) is 0.287. The van der Waals surface area contributed by atoms with Crippen LogP contribution in [0.3, 0.4) is 0 Å². The van der Waals surface area contributed by atoms with E-state index in [1.807, 2.05) is 59.7 Å². The Kier molecular flexibility index (Phi) is 13.0. The van der Waals surface area contributed by atoms with Crippen molar-refractivity contribution in [3.8, 4) is 5.75 Å². The van der Waals surface area contributed by atoms with Gasteiger partial charge >= 0.3 is 7.82 Å². The summed E-state index contributed by atoms with van der Waals surface area (Å²) >= 11 is 0. The lowest BCUT2D eigenvalue weighted by molar-refractivity contribution is -0.115. The summed E-state index contributed by atoms with van der Waals surface area (Å²) in [6.45, 7) is 13.1. The summed E-state index contributed by atoms with van der Waals surface area (Å²) in [5.74, 6) is 1.00. The molecule has 13 nitrogen and oxygen atoms in total. The number of fused-ring (bicyclic) bond motifs is 1. The van der Waals surface area contributed by atoms with Crippen LogP contribution in [-0.4, -0.2) is 74.5 Å². The van der Waals surface area contributed by atoms with E-state index in [1.165, 1.54) is 37.4 Å². The fourth-order valence-electron chi connectivity index (χ4n) is 6.02. The topological polar surface area (TPSA) is 153 Å². The minimum Gasteiger partial charge on any atom is -0.493 e. The first kappa shape index (κ1) is 39.3. The zero-order chi connectivity index (χ0) is 37.4. The number of phosphoric ester groups is 1. The average Bonchev–Trinajstić information content (AvgIpc) is 3.73. The molecule has 0 atom stereocenters. The van der Waals surface area contributed by atoms with E-state index in [0.29, 0.717) is 53.5 Å². The average molecular weight is 740 g/mol. The van der Waals surface area contributed by atoms with Crippen LogP contribution >= 0.6 is 7.82 Å². The zero-order valence-electron chi connectivity index (χ0n) is 30.9. The number of anilines is 3. The molecule has 5 rings (SSSR count). The number of hydrogen-bond donors (Lipinski definition) is 3. The molecular weight excluding hydrogens is 688 g/mol. The Hall–Kier alpha value is -3.94. The number of halogens is 1. The Morgan fingerprint density at radius 1 is 0.981 bits per heavy atom. The summed E-state index contributed by atoms with van der Waals surface area (Å²) in [6, 6.07) is 13.5. The van der Waals surface area contributed by atoms with Crippen LogP contribution in [0.25, 0.3) is 10.9 Å². The predicted molar refractivity (Wildman–Crippen MR) is 199 cm³/mol. The zero-order valence-corrected chi connectivity index (χ0v) is 31.8. The minimum absolute atomic E-state index is 0.0313. The molecule has 1 fully saturated rings. The van der Waals surface area contributed by atoms with Gasteiger partial charge < -0.3 is 15.4 Å². The van der Waals surface area contributed by atoms with Crippen molar-refractivity contribution in [2.24, 2.45) is 0 Å². The van der Waals surface area contributed by atoms with Crippen molar-refractivity contribution in [2.75, 3.05) is 36.9 Å². The van der Waals surface area contributed by atoms with E-state index < -0.39 is 24.8 Å². The number of benzene rings is 2. The van der Waals surface area contributed by atoms with Gasteiger partial charge in [-0.25, -0.2) is 18.9 Å². The second-order valence-electron chi connectivity index (χ2n) is 14.9. The van der Waals surface area contributed by atoms with Gasteiger partial charge in [-0.3, -0.25) is 28.4 Å². The Labute approximate surface area is 305 Å². The molecule has 3 N–H and O–H groups in total. The SMILES string of the molecule is CC(C)(C)OP(=O)(OCCN(CCCOc1ccc2c(Nc3cc(CC(=O)Nc4cccc(F)c4)[nH]n3)ncnc2c1)C1CCCC1)OC(C)(C)C. The third-order valence-corrected chi connectivity index (χ3v) is 10.1. The first-order valence-electron chi connectivity index (χ1n) is 17.8. The van der Waals surface area contributed by atoms with Crippen molar-refractivity contribution in [3.63, 3.8) is 0 Å². The van der Waals surface area contributed by atoms with Crippen molar-refractivity contribution >= 4 is 42.0 Å². The van der Waals surface area contributed by atoms with E-state index in [9.17, 15) is 13.8 Å². The standard InChI is InChI=1S/C37H51FN7O6P/c1-36(2,3)50-52(47,51-37(4,5)6)49-20-18-45(29-13-7-8-14-29)17-10-19-48-30-15-16-31-32(24-30)39-25-40-35(31)42-33-22-28(43-44-33)23-34(46)41-27-12-9-11-26(38)21-27/h9,11-12,15-16,21-22,24-25,29H,7-8,10,13-14,17-20,23H2,1-6H3,(H,41,46)(H2,39,40,42,43,44). The number of carbonyl (C=O) groups excluding carboxylic acids is 1. The molecule has 1 amide bonds. The van der Waals surface area contributed by atoms with Gasteiger partial charge in [0, 0.05) is 48.0 Å². The molecule has 4 aromatic rings. The van der Waals surface area contributed by atoms with Gasteiger partial charge in [0.2, 0.25) is 5.91 Å². The molecule has 0 spiro atoms. The molecule has 2 heterocycles. The van der Waals surface area contributed by atoms with Gasteiger partial charge in [-0.1, -0.05) is 18.9 Å². The predicted octanol–water partition coefficient (Wildman–Crippen LogP) is 8.19. The highest BCUT2D eigenvalue weighted by Gasteiger charge is 2.37. The van der Waals surface area contributed by atoms with Crippen LogP contribution in [0.5, 0.6) is 5.75 Å². The lowest BCUT2D eigenvalue weighted by Crippen LogP contribution is -2.37. The molecule has 0 saturated heterocycles. The maximum absolute atomic E-state index is 13.5. The second-order valence-corrected chi connectivity index (χ2v) is 16.4. The number of nitrogens with zero attached hydrogens (tertiary/aromatic N) is 4. The van der Waals surface area contributed by atoms with Crippen molar-refractivity contribution in [3.05, 3.63) is 66.4 Å². The van der Waals surface area contributed by atoms with Crippen molar-refractivity contribution < 1.29 is 32.1 Å². The molecule has 0 unspecified atom stereocenters. The summed E-state index contributed by atoms with van der Waals surface area (Å²) in [7, 11) is -3.78. The van der Waals surface area contributed by atoms with Gasteiger partial charge in [0.05, 0.1) is 36.4 Å². The normalized spacial score (nSPS) is 14.3. The number of aromatic amines is 1. The first-order valence-corrected chi connectivity index (χ1v) is 19.2. The molecule has 1 aliphatic rings. The number of carbonyl (C=O) groups is 1. The number of nitrogens with one attached hydrogen (secondary N) is 3. The number of amides is 1. The largest absolute Gasteiger partial charge is 0.493 e. The Morgan fingerprint density at radius 3 is 2.44 bits per heavy atom. The molecule has 0 radical (unpaired) electrons. The van der Waals surface area contributed by atoms with Crippen LogP contribution in [0, 0.1) is 5.82 Å². The van der Waals surface area contributed by atoms with Crippen LogP contribution in [0.1, 0.15) is 79.3 Å². The smallest absolute Gasteiger partial charge is 0.475 e. The molecular formula is C37H51FN7O6P. The van der Waals surface area contributed by atoms with Crippen molar-refractivity contribution in [2.45, 2.75) is 97.3 Å². The second kappa shape index (κ2) is 17.3. The highest BCUT2D eigenvalue weighted by Crippen LogP contribution is 2.55. The first-order chi connectivity index (χ1) is 24.6. The molecule has 282 valence electrons. The van der Waals surface area contributed by atoms with Gasteiger partial charge in [0.1, 0.15) is 23.7 Å². The maximum atomic E-state index is 13.5. The molecule has 2 aromatic carbocycles. The van der Waals surface area contributed by atoms with Crippen LogP contribution in [0.15, 0.2) is 54.9 Å². The van der Waals surface area contributed by atoms with Crippen molar-refractivity contribution in [1.82, 2.24) is 25.1 Å². The summed E-state index contributed by atoms with van der Waals surface area (Å²) in [5, 5.41) is 13.8. The minimum atomic E-state index is -3.78.